The minimum atomic E-state index is -6.63. The van der Waals surface area contributed by atoms with Gasteiger partial charge in [0.25, 0.3) is 11.2 Å². The number of fused-ring (bicyclic) bond motifs is 1. The van der Waals surface area contributed by atoms with Gasteiger partial charge in [-0.05, 0) is 136 Å². The Morgan fingerprint density at radius 1 is 0.618 bits per heavy atom. The van der Waals surface area contributed by atoms with Gasteiger partial charge in [-0.3, -0.25) is 19.2 Å². The Morgan fingerprint density at radius 2 is 1.00 bits per heavy atom. The van der Waals surface area contributed by atoms with E-state index in [4.69, 9.17) is 24.4 Å². The van der Waals surface area contributed by atoms with Crippen molar-refractivity contribution in [2.45, 2.75) is 206 Å². The second-order valence-electron chi connectivity index (χ2n) is 22.0. The van der Waals surface area contributed by atoms with Crippen LogP contribution in [0, 0.1) is 57.7 Å². The molecule has 6 aliphatic carbocycles. The molecule has 0 aromatic carbocycles. The van der Waals surface area contributed by atoms with Gasteiger partial charge in [0, 0.05) is 24.7 Å². The number of rotatable bonds is 13. The molecule has 0 spiro atoms. The predicted molar refractivity (Wildman–Crippen MR) is 216 cm³/mol. The van der Waals surface area contributed by atoms with Crippen LogP contribution in [0.1, 0.15) is 146 Å². The number of alkyl halides is 12. The second-order valence-corrected chi connectivity index (χ2v) is 22.0. The van der Waals surface area contributed by atoms with E-state index < -0.39 is 71.7 Å². The van der Waals surface area contributed by atoms with Crippen molar-refractivity contribution < 1.29 is 101 Å². The molecule has 68 heavy (non-hydrogen) atoms. The topological polar surface area (TPSA) is 146 Å². The number of hydrogen-bond acceptors (Lipinski definition) is 10. The van der Waals surface area contributed by atoms with E-state index >= 15 is 0 Å². The van der Waals surface area contributed by atoms with E-state index in [1.54, 1.807) is 0 Å². The first-order chi connectivity index (χ1) is 30.6. The molecular formula is C46H66F12O10. The Balaban J connectivity index is 0.000000233. The number of ether oxygens (including phenoxy) is 4. The van der Waals surface area contributed by atoms with Crippen LogP contribution in [-0.2, 0) is 38.1 Å². The smallest absolute Gasteiger partial charge is 0.426 e. The number of esters is 4. The summed E-state index contributed by atoms with van der Waals surface area (Å²) in [6.45, 7) is 17.3. The average Bonchev–Trinajstić information content (AvgIpc) is 3.84. The van der Waals surface area contributed by atoms with Crippen molar-refractivity contribution in [2.75, 3.05) is 0 Å². The van der Waals surface area contributed by atoms with Crippen molar-refractivity contribution in [2.24, 2.45) is 57.7 Å². The quantitative estimate of drug-likeness (QED) is 0.104. The summed E-state index contributed by atoms with van der Waals surface area (Å²) in [4.78, 5) is 48.2. The van der Waals surface area contributed by atoms with Gasteiger partial charge in [0.15, 0.2) is 0 Å². The van der Waals surface area contributed by atoms with E-state index in [2.05, 4.69) is 18.6 Å². The van der Waals surface area contributed by atoms with Crippen molar-refractivity contribution in [3.05, 3.63) is 0 Å². The third kappa shape index (κ3) is 11.2. The normalized spacial score (nSPS) is 30.3. The van der Waals surface area contributed by atoms with Crippen LogP contribution in [0.3, 0.4) is 0 Å². The van der Waals surface area contributed by atoms with Crippen molar-refractivity contribution in [3.63, 3.8) is 0 Å². The first kappa shape index (κ1) is 57.5. The Labute approximate surface area is 388 Å². The van der Waals surface area contributed by atoms with Gasteiger partial charge in [-0.15, -0.1) is 0 Å². The van der Waals surface area contributed by atoms with Crippen molar-refractivity contribution in [3.8, 4) is 0 Å². The van der Waals surface area contributed by atoms with Gasteiger partial charge < -0.3 is 29.2 Å². The summed E-state index contributed by atoms with van der Waals surface area (Å²) in [6.07, 6.45) is -26.6. The number of carbonyl (C=O) groups excluding carboxylic acids is 4. The summed E-state index contributed by atoms with van der Waals surface area (Å²) in [7, 11) is 0. The zero-order valence-electron chi connectivity index (χ0n) is 40.0. The van der Waals surface area contributed by atoms with Gasteiger partial charge in [0.05, 0.1) is 22.2 Å². The monoisotopic (exact) mass is 1010 g/mol. The van der Waals surface area contributed by atoms with Crippen LogP contribution >= 0.6 is 0 Å². The zero-order chi connectivity index (χ0) is 52.4. The van der Waals surface area contributed by atoms with Gasteiger partial charge in [-0.1, -0.05) is 20.8 Å². The number of aliphatic hydroxyl groups is 2. The Bertz CT molecular complexity index is 1740. The highest BCUT2D eigenvalue weighted by Gasteiger charge is 2.75. The number of carbonyl (C=O) groups is 4. The van der Waals surface area contributed by atoms with Crippen LogP contribution in [0.4, 0.5) is 52.7 Å². The van der Waals surface area contributed by atoms with Gasteiger partial charge in [-0.25, -0.2) is 0 Å². The first-order valence-corrected chi connectivity index (χ1v) is 23.1. The molecule has 1 aliphatic heterocycles. The first-order valence-electron chi connectivity index (χ1n) is 23.1. The minimum absolute atomic E-state index is 0.0185. The van der Waals surface area contributed by atoms with Crippen LogP contribution in [0.5, 0.6) is 0 Å². The molecule has 0 aromatic rings. The predicted octanol–water partition coefficient (Wildman–Crippen LogP) is 10.9. The van der Waals surface area contributed by atoms with Gasteiger partial charge in [-0.2, -0.15) is 52.7 Å². The fraction of sp³-hybridized carbons (Fsp3) is 0.913. The molecule has 0 aromatic heterocycles. The lowest BCUT2D eigenvalue weighted by molar-refractivity contribution is -0.386. The maximum absolute atomic E-state index is 12.9. The minimum Gasteiger partial charge on any atom is -0.462 e. The summed E-state index contributed by atoms with van der Waals surface area (Å²) in [6, 6.07) is 0. The van der Waals surface area contributed by atoms with Gasteiger partial charge in [0.1, 0.15) is 23.9 Å². The van der Waals surface area contributed by atoms with E-state index in [1.807, 2.05) is 34.6 Å². The molecule has 22 heteroatoms. The highest BCUT2D eigenvalue weighted by atomic mass is 19.4. The Hall–Kier alpha value is -3.04. The van der Waals surface area contributed by atoms with Crippen LogP contribution in [0.25, 0.3) is 0 Å². The molecule has 5 unspecified atom stereocenters. The van der Waals surface area contributed by atoms with E-state index in [9.17, 15) is 71.9 Å². The molecule has 7 rings (SSSR count). The van der Waals surface area contributed by atoms with Crippen LogP contribution in [0.15, 0.2) is 0 Å². The van der Waals surface area contributed by atoms with Gasteiger partial charge >= 0.3 is 48.6 Å². The highest BCUT2D eigenvalue weighted by Crippen LogP contribution is 2.60. The maximum atomic E-state index is 12.9. The van der Waals surface area contributed by atoms with E-state index in [-0.39, 0.29) is 53.5 Å². The summed E-state index contributed by atoms with van der Waals surface area (Å²) in [5.74, 6) is 1.82. The number of halogens is 12. The Morgan fingerprint density at radius 3 is 1.38 bits per heavy atom. The van der Waals surface area contributed by atoms with Crippen LogP contribution < -0.4 is 0 Å². The lowest BCUT2D eigenvalue weighted by Crippen LogP contribution is -2.62. The molecule has 2 N–H and O–H groups in total. The van der Waals surface area contributed by atoms with E-state index in [1.165, 1.54) is 39.0 Å². The molecule has 1 heterocycles. The average molecular weight is 1010 g/mol. The fourth-order valence-corrected chi connectivity index (χ4v) is 10.3. The van der Waals surface area contributed by atoms with Crippen molar-refractivity contribution >= 4 is 23.9 Å². The summed E-state index contributed by atoms with van der Waals surface area (Å²) >= 11 is 0. The van der Waals surface area contributed by atoms with E-state index in [0.717, 1.165) is 51.4 Å². The van der Waals surface area contributed by atoms with E-state index in [0.29, 0.717) is 23.7 Å². The van der Waals surface area contributed by atoms with Crippen molar-refractivity contribution in [1.29, 1.82) is 0 Å². The SMILES string of the molecule is CCC(C)(C)C(=O)OC(CC(O)(C(F)(F)F)C(F)(F)F)CC(O)(C(F)(F)F)C(F)(F)F.CCC(C)(C)C(=O)OC1(C)C2CC3CC(C2)CC1C3.CCC(C)(C)C(=O)OC1C2CC3C(=O)OC1C3C2. The Kier molecular flexibility index (Phi) is 16.2. The molecule has 7 aliphatic rings. The lowest BCUT2D eigenvalue weighted by atomic mass is 9.50. The van der Waals surface area contributed by atoms with Crippen LogP contribution in [0.2, 0.25) is 0 Å². The van der Waals surface area contributed by atoms with Crippen molar-refractivity contribution in [1.82, 2.24) is 0 Å². The third-order valence-electron chi connectivity index (χ3n) is 16.2. The molecule has 7 fully saturated rings. The molecule has 5 atom stereocenters. The molecule has 1 saturated heterocycles. The summed E-state index contributed by atoms with van der Waals surface area (Å²) in [5, 5.41) is 18.3. The second kappa shape index (κ2) is 19.2. The standard InChI is InChI=1S/C17H28O2.C15H18F12O4.C14H20O4/c1-5-16(2,3)15(18)19-17(4)13-7-11-6-12(9-13)10-14(17)8-11;1-4-9(2,3)8(28)31-7(5-10(29,12(16,17)18)13(19,20)21)6-11(30,14(22,23)24)15(25,26)27;1-4-14(2,3)13(16)18-10-7-5-8-9(6-7)12(15)17-11(8)10/h11-14H,5-10H2,1-4H3;7,29-30H,4-6H2,1-3H3;7-11H,4-6H2,1-3H3. The highest BCUT2D eigenvalue weighted by molar-refractivity contribution is 5.79. The molecule has 0 amide bonds. The molecular weight excluding hydrogens is 940 g/mol. The maximum Gasteiger partial charge on any atom is 0.426 e. The molecule has 6 bridgehead atoms. The molecule has 0 radical (unpaired) electrons. The number of hydrogen-bond donors (Lipinski definition) is 2. The third-order valence-corrected chi connectivity index (χ3v) is 16.2. The molecule has 394 valence electrons. The molecule has 6 saturated carbocycles. The fourth-order valence-electron chi connectivity index (χ4n) is 10.3. The molecule has 10 nitrogen and oxygen atoms in total. The largest absolute Gasteiger partial charge is 0.462 e. The van der Waals surface area contributed by atoms with Gasteiger partial charge in [0.2, 0.25) is 0 Å². The zero-order valence-corrected chi connectivity index (χ0v) is 40.0. The van der Waals surface area contributed by atoms with Crippen LogP contribution in [-0.4, -0.2) is 93.9 Å². The summed E-state index contributed by atoms with van der Waals surface area (Å²) < 4.78 is 176. The lowest BCUT2D eigenvalue weighted by Gasteiger charge is -2.59. The summed E-state index contributed by atoms with van der Waals surface area (Å²) in [5.41, 5.74) is -14.4.